The summed E-state index contributed by atoms with van der Waals surface area (Å²) in [6.45, 7) is 4.57. The molecule has 1 rings (SSSR count). The van der Waals surface area contributed by atoms with Crippen LogP contribution < -0.4 is 0 Å². The Morgan fingerprint density at radius 2 is 2.17 bits per heavy atom. The van der Waals surface area contributed by atoms with Crippen LogP contribution in [0.25, 0.3) is 0 Å². The smallest absolute Gasteiger partial charge is 0.0914 e. The molecule has 0 aromatic heterocycles. The number of halogens is 1. The van der Waals surface area contributed by atoms with Crippen LogP contribution in [0.5, 0.6) is 0 Å². The van der Waals surface area contributed by atoms with Crippen LogP contribution in [-0.2, 0) is 11.3 Å². The molecule has 0 unspecified atom stereocenters. The van der Waals surface area contributed by atoms with Crippen LogP contribution in [0, 0.1) is 6.10 Å². The van der Waals surface area contributed by atoms with Crippen LogP contribution in [0.2, 0.25) is 0 Å². The lowest BCUT2D eigenvalue weighted by atomic mass is 10.2. The third-order valence-electron chi connectivity index (χ3n) is 1.42. The summed E-state index contributed by atoms with van der Waals surface area (Å²) in [5.74, 6) is 0. The fraction of sp³-hybridized carbons (Fsp3) is 0.300. The van der Waals surface area contributed by atoms with E-state index in [4.69, 9.17) is 4.74 Å². The molecule has 0 aliphatic rings. The van der Waals surface area contributed by atoms with Gasteiger partial charge in [0.2, 0.25) is 0 Å². The summed E-state index contributed by atoms with van der Waals surface area (Å²) >= 11 is 3.41. The fourth-order valence-electron chi connectivity index (χ4n) is 0.854. The van der Waals surface area contributed by atoms with Gasteiger partial charge in [-0.15, -0.1) is 0 Å². The van der Waals surface area contributed by atoms with Gasteiger partial charge in [0.25, 0.3) is 0 Å². The van der Waals surface area contributed by atoms with E-state index in [1.165, 1.54) is 5.56 Å². The first kappa shape index (κ1) is 9.75. The number of rotatable bonds is 3. The molecule has 1 aromatic rings. The van der Waals surface area contributed by atoms with E-state index in [-0.39, 0.29) is 0 Å². The number of hydrogen-bond acceptors (Lipinski definition) is 1. The first-order valence-electron chi connectivity index (χ1n) is 3.86. The van der Waals surface area contributed by atoms with Crippen molar-refractivity contribution in [2.75, 3.05) is 0 Å². The molecule has 1 aromatic carbocycles. The Morgan fingerprint density at radius 3 is 2.75 bits per heavy atom. The van der Waals surface area contributed by atoms with Crippen molar-refractivity contribution in [3.63, 3.8) is 0 Å². The second-order valence-corrected chi connectivity index (χ2v) is 3.74. The minimum atomic E-state index is 0.655. The molecule has 0 aliphatic carbocycles. The fourth-order valence-corrected chi connectivity index (χ4v) is 1.30. The van der Waals surface area contributed by atoms with Gasteiger partial charge in [-0.3, -0.25) is 0 Å². The summed E-state index contributed by atoms with van der Waals surface area (Å²) in [7, 11) is 0. The lowest BCUT2D eigenvalue weighted by Gasteiger charge is -2.06. The van der Waals surface area contributed by atoms with Gasteiger partial charge in [0.05, 0.1) is 12.7 Å². The van der Waals surface area contributed by atoms with E-state index in [0.29, 0.717) is 6.61 Å². The average Bonchev–Trinajstić information content (AvgIpc) is 2.01. The second-order valence-electron chi connectivity index (χ2n) is 2.83. The summed E-state index contributed by atoms with van der Waals surface area (Å²) in [5, 5.41) is 0. The molecule has 0 fully saturated rings. The molecular weight excluding hydrogens is 216 g/mol. The van der Waals surface area contributed by atoms with Gasteiger partial charge in [-0.05, 0) is 31.5 Å². The molecule has 0 bridgehead atoms. The zero-order chi connectivity index (χ0) is 8.97. The molecule has 0 spiro atoms. The predicted octanol–water partition coefficient (Wildman–Crippen LogP) is 3.54. The normalized spacial score (nSPS) is 10.7. The van der Waals surface area contributed by atoms with Crippen molar-refractivity contribution < 1.29 is 4.74 Å². The van der Waals surface area contributed by atoms with Crippen LogP contribution in [0.3, 0.4) is 0 Å². The molecule has 0 saturated carbocycles. The van der Waals surface area contributed by atoms with Gasteiger partial charge in [-0.1, -0.05) is 28.1 Å². The van der Waals surface area contributed by atoms with Crippen molar-refractivity contribution >= 4 is 15.9 Å². The van der Waals surface area contributed by atoms with Crippen LogP contribution in [0.4, 0.5) is 0 Å². The second kappa shape index (κ2) is 4.63. The zero-order valence-corrected chi connectivity index (χ0v) is 8.89. The van der Waals surface area contributed by atoms with Crippen molar-refractivity contribution in [3.05, 3.63) is 40.4 Å². The number of benzene rings is 1. The van der Waals surface area contributed by atoms with E-state index in [9.17, 15) is 0 Å². The maximum absolute atomic E-state index is 5.38. The highest BCUT2D eigenvalue weighted by molar-refractivity contribution is 9.10. The van der Waals surface area contributed by atoms with Crippen molar-refractivity contribution in [1.82, 2.24) is 0 Å². The lowest BCUT2D eigenvalue weighted by Crippen LogP contribution is -1.94. The molecular formula is C10H12BrO. The Morgan fingerprint density at radius 1 is 1.42 bits per heavy atom. The van der Waals surface area contributed by atoms with Crippen LogP contribution in [0.1, 0.15) is 19.4 Å². The van der Waals surface area contributed by atoms with Gasteiger partial charge in [0.15, 0.2) is 0 Å². The molecule has 0 N–H and O–H groups in total. The summed E-state index contributed by atoms with van der Waals surface area (Å²) in [4.78, 5) is 0. The highest BCUT2D eigenvalue weighted by Gasteiger charge is 1.96. The van der Waals surface area contributed by atoms with Crippen molar-refractivity contribution in [2.45, 2.75) is 20.5 Å². The molecule has 0 amide bonds. The third kappa shape index (κ3) is 3.37. The maximum atomic E-state index is 5.38. The predicted molar refractivity (Wildman–Crippen MR) is 53.5 cm³/mol. The standard InChI is InChI=1S/C10H12BrO/c1-8(2)12-7-9-4-3-5-10(11)6-9/h3-6H,7H2,1-2H3. The Bertz CT molecular complexity index is 245. The summed E-state index contributed by atoms with van der Waals surface area (Å²) < 4.78 is 6.47. The molecule has 65 valence electrons. The van der Waals surface area contributed by atoms with Gasteiger partial charge in [0, 0.05) is 4.47 Å². The van der Waals surface area contributed by atoms with Gasteiger partial charge < -0.3 is 4.74 Å². The average molecular weight is 228 g/mol. The molecule has 12 heavy (non-hydrogen) atoms. The SMILES string of the molecule is C[C](C)OCc1cccc(Br)c1. The monoisotopic (exact) mass is 227 g/mol. The minimum Gasteiger partial charge on any atom is -0.368 e. The molecule has 2 heteroatoms. The molecule has 0 heterocycles. The maximum Gasteiger partial charge on any atom is 0.0914 e. The largest absolute Gasteiger partial charge is 0.368 e. The minimum absolute atomic E-state index is 0.655. The first-order valence-corrected chi connectivity index (χ1v) is 4.65. The highest BCUT2D eigenvalue weighted by Crippen LogP contribution is 2.13. The number of hydrogen-bond donors (Lipinski definition) is 0. The molecule has 0 saturated heterocycles. The topological polar surface area (TPSA) is 9.23 Å². The Kier molecular flexibility index (Phi) is 3.76. The summed E-state index contributed by atoms with van der Waals surface area (Å²) in [5.41, 5.74) is 1.19. The van der Waals surface area contributed by atoms with E-state index in [1.807, 2.05) is 32.0 Å². The van der Waals surface area contributed by atoms with Crippen molar-refractivity contribution in [3.8, 4) is 0 Å². The van der Waals surface area contributed by atoms with Gasteiger partial charge >= 0.3 is 0 Å². The van der Waals surface area contributed by atoms with Gasteiger partial charge in [-0.2, -0.15) is 0 Å². The van der Waals surface area contributed by atoms with Crippen molar-refractivity contribution in [2.24, 2.45) is 0 Å². The first-order chi connectivity index (χ1) is 5.68. The molecule has 0 aliphatic heterocycles. The quantitative estimate of drug-likeness (QED) is 0.768. The highest BCUT2D eigenvalue weighted by atomic mass is 79.9. The summed E-state index contributed by atoms with van der Waals surface area (Å²) in [6, 6.07) is 8.12. The van der Waals surface area contributed by atoms with Gasteiger partial charge in [0.1, 0.15) is 0 Å². The van der Waals surface area contributed by atoms with E-state index >= 15 is 0 Å². The van der Waals surface area contributed by atoms with Crippen LogP contribution >= 0.6 is 15.9 Å². The Balaban J connectivity index is 2.52. The van der Waals surface area contributed by atoms with Crippen LogP contribution in [-0.4, -0.2) is 0 Å². The van der Waals surface area contributed by atoms with Gasteiger partial charge in [-0.25, -0.2) is 0 Å². The van der Waals surface area contributed by atoms with E-state index in [1.54, 1.807) is 0 Å². The van der Waals surface area contributed by atoms with Crippen LogP contribution in [0.15, 0.2) is 28.7 Å². The third-order valence-corrected chi connectivity index (χ3v) is 1.91. The lowest BCUT2D eigenvalue weighted by molar-refractivity contribution is 0.143. The van der Waals surface area contributed by atoms with E-state index < -0.39 is 0 Å². The Hall–Kier alpha value is -0.340. The molecule has 1 nitrogen and oxygen atoms in total. The van der Waals surface area contributed by atoms with E-state index in [2.05, 4.69) is 22.0 Å². The van der Waals surface area contributed by atoms with Crippen molar-refractivity contribution in [1.29, 1.82) is 0 Å². The summed E-state index contributed by atoms with van der Waals surface area (Å²) in [6.07, 6.45) is 0.995. The number of ether oxygens (including phenoxy) is 1. The Labute approximate surface area is 81.9 Å². The zero-order valence-electron chi connectivity index (χ0n) is 7.30. The molecule has 1 radical (unpaired) electrons. The van der Waals surface area contributed by atoms with E-state index in [0.717, 1.165) is 10.6 Å². The molecule has 0 atom stereocenters.